The highest BCUT2D eigenvalue weighted by Crippen LogP contribution is 2.47. The second-order valence-corrected chi connectivity index (χ2v) is 9.78. The molecule has 0 saturated carbocycles. The Hall–Kier alpha value is -4.17. The first-order valence-electron chi connectivity index (χ1n) is 11.3. The van der Waals surface area contributed by atoms with Crippen molar-refractivity contribution in [2.75, 3.05) is 5.32 Å². The van der Waals surface area contributed by atoms with Crippen molar-refractivity contribution >= 4 is 28.9 Å². The van der Waals surface area contributed by atoms with Gasteiger partial charge in [-0.3, -0.25) is 14.7 Å². The van der Waals surface area contributed by atoms with Crippen LogP contribution in [0.15, 0.2) is 88.2 Å². The minimum atomic E-state index is -1.02. The van der Waals surface area contributed by atoms with Gasteiger partial charge in [0.1, 0.15) is 5.82 Å². The first-order valence-corrected chi connectivity index (χ1v) is 12.2. The number of aromatic nitrogens is 2. The first kappa shape index (κ1) is 21.4. The van der Waals surface area contributed by atoms with Crippen molar-refractivity contribution in [3.05, 3.63) is 115 Å². The molecule has 7 nitrogen and oxygen atoms in total. The number of hydrogen-bond donors (Lipinski definition) is 3. The van der Waals surface area contributed by atoms with E-state index in [-0.39, 0.29) is 22.8 Å². The molecular weight excluding hydrogens is 462 g/mol. The number of hydrogen-bond acceptors (Lipinski definition) is 5. The summed E-state index contributed by atoms with van der Waals surface area (Å²) in [7, 11) is 0. The molecule has 6 rings (SSSR count). The fourth-order valence-corrected chi connectivity index (χ4v) is 5.96. The second-order valence-electron chi connectivity index (χ2n) is 8.80. The molecule has 0 radical (unpaired) electrons. The van der Waals surface area contributed by atoms with Gasteiger partial charge in [0.05, 0.1) is 16.8 Å². The average Bonchev–Trinajstić information content (AvgIpc) is 3.52. The number of aromatic amines is 1. The van der Waals surface area contributed by atoms with Crippen LogP contribution in [0.25, 0.3) is 5.69 Å². The number of para-hydroxylation sites is 1. The van der Waals surface area contributed by atoms with Gasteiger partial charge in [0.2, 0.25) is 0 Å². The summed E-state index contributed by atoms with van der Waals surface area (Å²) < 4.78 is 1.48. The predicted octanol–water partition coefficient (Wildman–Crippen LogP) is 4.88. The number of aromatic carboxylic acids is 1. The predicted molar refractivity (Wildman–Crippen MR) is 134 cm³/mol. The van der Waals surface area contributed by atoms with Gasteiger partial charge in [-0.1, -0.05) is 36.4 Å². The largest absolute Gasteiger partial charge is 0.478 e. The smallest absolute Gasteiger partial charge is 0.335 e. The summed E-state index contributed by atoms with van der Waals surface area (Å²) in [6, 6.07) is 19.8. The average molecular weight is 484 g/mol. The minimum absolute atomic E-state index is 0.00183. The van der Waals surface area contributed by atoms with Crippen LogP contribution in [0.1, 0.15) is 51.0 Å². The Labute approximate surface area is 204 Å². The van der Waals surface area contributed by atoms with Crippen molar-refractivity contribution in [3.8, 4) is 5.69 Å². The van der Waals surface area contributed by atoms with Gasteiger partial charge in [-0.15, -0.1) is 11.3 Å². The van der Waals surface area contributed by atoms with Gasteiger partial charge < -0.3 is 10.4 Å². The van der Waals surface area contributed by atoms with Crippen LogP contribution in [0.3, 0.4) is 0 Å². The molecule has 1 aliphatic carbocycles. The van der Waals surface area contributed by atoms with Crippen molar-refractivity contribution < 1.29 is 14.7 Å². The van der Waals surface area contributed by atoms with Crippen LogP contribution in [0.5, 0.6) is 0 Å². The number of Topliss-reactive ketones (excluding diaryl/α,β-unsaturated/α-hetero) is 1. The molecule has 0 bridgehead atoms. The quantitative estimate of drug-likeness (QED) is 0.384. The number of carboxylic acid groups (broad SMARTS) is 1. The van der Waals surface area contributed by atoms with E-state index in [9.17, 15) is 19.5 Å². The minimum Gasteiger partial charge on any atom is -0.478 e. The highest BCUT2D eigenvalue weighted by Gasteiger charge is 2.41. The third kappa shape index (κ3) is 3.54. The highest BCUT2D eigenvalue weighted by molar-refractivity contribution is 7.10. The van der Waals surface area contributed by atoms with Crippen LogP contribution in [0, 0.1) is 0 Å². The Bertz CT molecular complexity index is 1530. The maximum Gasteiger partial charge on any atom is 0.335 e. The number of carboxylic acids is 1. The normalized spacial score (nSPS) is 19.1. The number of nitrogens with zero attached hydrogens (tertiary/aromatic N) is 1. The maximum atomic E-state index is 13.7. The van der Waals surface area contributed by atoms with Gasteiger partial charge in [0.15, 0.2) is 5.78 Å². The van der Waals surface area contributed by atoms with Gasteiger partial charge in [-0.2, -0.15) is 0 Å². The Kier molecular flexibility index (Phi) is 5.04. The molecule has 0 amide bonds. The zero-order valence-corrected chi connectivity index (χ0v) is 19.3. The zero-order chi connectivity index (χ0) is 24.1. The van der Waals surface area contributed by atoms with Gasteiger partial charge >= 0.3 is 5.97 Å². The lowest BCUT2D eigenvalue weighted by Crippen LogP contribution is -2.31. The summed E-state index contributed by atoms with van der Waals surface area (Å²) >= 11 is 1.64. The molecule has 1 aliphatic heterocycles. The molecule has 8 heteroatoms. The van der Waals surface area contributed by atoms with Crippen LogP contribution in [0.2, 0.25) is 0 Å². The number of anilines is 1. The molecule has 3 N–H and O–H groups in total. The topological polar surface area (TPSA) is 104 Å². The van der Waals surface area contributed by atoms with Crippen molar-refractivity contribution in [1.82, 2.24) is 9.78 Å². The molecule has 2 aliphatic rings. The lowest BCUT2D eigenvalue weighted by molar-refractivity contribution is -0.116. The van der Waals surface area contributed by atoms with E-state index in [1.807, 2.05) is 41.8 Å². The Morgan fingerprint density at radius 1 is 0.971 bits per heavy atom. The molecule has 4 aromatic rings. The van der Waals surface area contributed by atoms with Gasteiger partial charge in [0.25, 0.3) is 5.56 Å². The van der Waals surface area contributed by atoms with E-state index in [1.54, 1.807) is 23.5 Å². The number of thiophene rings is 1. The molecule has 3 heterocycles. The van der Waals surface area contributed by atoms with Gasteiger partial charge in [-0.25, -0.2) is 9.48 Å². The van der Waals surface area contributed by atoms with Gasteiger partial charge in [0, 0.05) is 34.4 Å². The van der Waals surface area contributed by atoms with Crippen molar-refractivity contribution in [1.29, 1.82) is 0 Å². The Morgan fingerprint density at radius 2 is 1.74 bits per heavy atom. The summed E-state index contributed by atoms with van der Waals surface area (Å²) in [5.41, 5.74) is 3.16. The molecule has 2 atom stereocenters. The number of carbonyl (C=O) groups excluding carboxylic acids is 1. The fourth-order valence-electron chi connectivity index (χ4n) is 5.13. The summed E-state index contributed by atoms with van der Waals surface area (Å²) in [6.45, 7) is 0. The number of allylic oxidation sites excluding steroid dienone is 2. The van der Waals surface area contributed by atoms with E-state index in [1.165, 1.54) is 16.8 Å². The number of H-pyrrole nitrogens is 1. The SMILES string of the molecule is O=C1CC(c2cccs2)CC2=C1C(c1ccc(C(=O)O)cc1)c1c([nH]n(-c3ccccc3)c1=O)N2. The number of rotatable bonds is 4. The Balaban J connectivity index is 1.52. The molecular formula is C27H21N3O4S. The van der Waals surface area contributed by atoms with E-state index in [4.69, 9.17) is 0 Å². The van der Waals surface area contributed by atoms with Crippen LogP contribution >= 0.6 is 11.3 Å². The molecule has 174 valence electrons. The molecule has 2 aromatic carbocycles. The van der Waals surface area contributed by atoms with Gasteiger partial charge in [-0.05, 0) is 47.7 Å². The van der Waals surface area contributed by atoms with Crippen LogP contribution in [-0.2, 0) is 4.79 Å². The van der Waals surface area contributed by atoms with Crippen molar-refractivity contribution in [3.63, 3.8) is 0 Å². The maximum absolute atomic E-state index is 13.7. The summed E-state index contributed by atoms with van der Waals surface area (Å²) in [5.74, 6) is -0.975. The monoisotopic (exact) mass is 483 g/mol. The third-order valence-electron chi connectivity index (χ3n) is 6.74. The lowest BCUT2D eigenvalue weighted by Gasteiger charge is -2.34. The fraction of sp³-hybridized carbons (Fsp3) is 0.148. The molecule has 35 heavy (non-hydrogen) atoms. The van der Waals surface area contributed by atoms with E-state index < -0.39 is 11.9 Å². The number of ketones is 1. The molecule has 2 unspecified atom stereocenters. The highest BCUT2D eigenvalue weighted by atomic mass is 32.1. The summed E-state index contributed by atoms with van der Waals surface area (Å²) in [4.78, 5) is 39.8. The van der Waals surface area contributed by atoms with Crippen molar-refractivity contribution in [2.45, 2.75) is 24.7 Å². The number of nitrogens with one attached hydrogen (secondary N) is 2. The van der Waals surface area contributed by atoms with E-state index in [0.717, 1.165) is 10.6 Å². The standard InChI is InChI=1S/C27H21N3O4S/c31-20-14-17(21-7-4-12-35-21)13-19-23(20)22(15-8-10-16(11-9-15)27(33)34)24-25(28-19)29-30(26(24)32)18-5-2-1-3-6-18/h1-12,17,22,28-29H,13-14H2,(H,33,34). The number of fused-ring (bicyclic) bond motifs is 1. The molecule has 2 aromatic heterocycles. The lowest BCUT2D eigenvalue weighted by atomic mass is 9.74. The van der Waals surface area contributed by atoms with E-state index in [0.29, 0.717) is 41.0 Å². The summed E-state index contributed by atoms with van der Waals surface area (Å²) in [5, 5.41) is 17.9. The first-order chi connectivity index (χ1) is 17.0. The third-order valence-corrected chi connectivity index (χ3v) is 7.77. The number of benzene rings is 2. The van der Waals surface area contributed by atoms with Crippen LogP contribution < -0.4 is 10.9 Å². The number of carbonyl (C=O) groups is 2. The van der Waals surface area contributed by atoms with Crippen LogP contribution in [-0.4, -0.2) is 26.6 Å². The Morgan fingerprint density at radius 3 is 2.43 bits per heavy atom. The zero-order valence-electron chi connectivity index (χ0n) is 18.5. The van der Waals surface area contributed by atoms with Crippen molar-refractivity contribution in [2.24, 2.45) is 0 Å². The van der Waals surface area contributed by atoms with Crippen LogP contribution in [0.4, 0.5) is 5.82 Å². The summed E-state index contributed by atoms with van der Waals surface area (Å²) in [6.07, 6.45) is 1.03. The molecule has 0 fully saturated rings. The van der Waals surface area contributed by atoms with E-state index in [2.05, 4.69) is 16.5 Å². The molecule has 0 spiro atoms. The van der Waals surface area contributed by atoms with E-state index >= 15 is 0 Å². The molecule has 0 saturated heterocycles. The second kappa shape index (κ2) is 8.25.